The predicted octanol–water partition coefficient (Wildman–Crippen LogP) is 5.10. The summed E-state index contributed by atoms with van der Waals surface area (Å²) < 4.78 is 7.22. The van der Waals surface area contributed by atoms with Crippen molar-refractivity contribution in [2.75, 3.05) is 7.11 Å². The number of Topliss-reactive ketones (excluding diaryl/α,β-unsaturated/α-hetero) is 1. The molecule has 1 heterocycles. The minimum Gasteiger partial charge on any atom is -0.496 e. The number of halogens is 1. The summed E-state index contributed by atoms with van der Waals surface area (Å²) in [4.78, 5) is 13.2. The lowest BCUT2D eigenvalue weighted by atomic mass is 10.1. The zero-order valence-electron chi connectivity index (χ0n) is 11.4. The Morgan fingerprint density at radius 1 is 1.19 bits per heavy atom. The molecular weight excluding hydrogens is 348 g/mol. The van der Waals surface area contributed by atoms with Gasteiger partial charge in [0.25, 0.3) is 0 Å². The minimum atomic E-state index is 0.147. The molecule has 0 atom stereocenters. The molecule has 0 saturated heterocycles. The van der Waals surface area contributed by atoms with Crippen LogP contribution in [-0.4, -0.2) is 12.9 Å². The van der Waals surface area contributed by atoms with Crippen LogP contribution in [0.2, 0.25) is 0 Å². The summed E-state index contributed by atoms with van der Waals surface area (Å²) >= 11 is 5.00. The van der Waals surface area contributed by atoms with E-state index in [1.54, 1.807) is 18.4 Å². The molecule has 0 bridgehead atoms. The Morgan fingerprint density at radius 2 is 2.00 bits per heavy atom. The first-order valence-electron chi connectivity index (χ1n) is 6.51. The van der Waals surface area contributed by atoms with Gasteiger partial charge in [-0.15, -0.1) is 11.3 Å². The number of methoxy groups -OCH3 is 1. The van der Waals surface area contributed by atoms with Gasteiger partial charge in [-0.1, -0.05) is 24.3 Å². The molecule has 0 aliphatic heterocycles. The van der Waals surface area contributed by atoms with Crippen LogP contribution in [0, 0.1) is 0 Å². The first-order valence-corrected chi connectivity index (χ1v) is 8.12. The monoisotopic (exact) mass is 360 g/mol. The van der Waals surface area contributed by atoms with Crippen molar-refractivity contribution in [1.82, 2.24) is 0 Å². The van der Waals surface area contributed by atoms with Gasteiger partial charge in [-0.05, 0) is 51.1 Å². The van der Waals surface area contributed by atoms with Crippen LogP contribution in [0.1, 0.15) is 15.2 Å². The largest absolute Gasteiger partial charge is 0.496 e. The van der Waals surface area contributed by atoms with Gasteiger partial charge >= 0.3 is 0 Å². The summed E-state index contributed by atoms with van der Waals surface area (Å²) in [7, 11) is 1.63. The van der Waals surface area contributed by atoms with Gasteiger partial charge in [0.2, 0.25) is 0 Å². The lowest BCUT2D eigenvalue weighted by molar-refractivity contribution is 0.0997. The van der Waals surface area contributed by atoms with Gasteiger partial charge in [0.15, 0.2) is 5.78 Å². The summed E-state index contributed by atoms with van der Waals surface area (Å²) in [5.74, 6) is 0.918. The van der Waals surface area contributed by atoms with Gasteiger partial charge in [0, 0.05) is 11.1 Å². The molecule has 4 heteroatoms. The van der Waals surface area contributed by atoms with E-state index in [2.05, 4.69) is 15.9 Å². The molecule has 106 valence electrons. The second-order valence-corrected chi connectivity index (χ2v) is 6.66. The standard InChI is InChI=1S/C17H13BrO2S/c1-20-15-7-6-11(8-13(15)18)9-14(19)17-10-12-4-2-3-5-16(12)21-17/h2-8,10H,9H2,1H3. The fraction of sp³-hybridized carbons (Fsp3) is 0.118. The summed E-state index contributed by atoms with van der Waals surface area (Å²) in [6, 6.07) is 15.8. The number of thiophene rings is 1. The Bertz CT molecular complexity index is 774. The number of carbonyl (C=O) groups is 1. The highest BCUT2D eigenvalue weighted by Crippen LogP contribution is 2.28. The SMILES string of the molecule is COc1ccc(CC(=O)c2cc3ccccc3s2)cc1Br. The van der Waals surface area contributed by atoms with Crippen molar-refractivity contribution in [2.24, 2.45) is 0 Å². The number of hydrogen-bond donors (Lipinski definition) is 0. The highest BCUT2D eigenvalue weighted by molar-refractivity contribution is 9.10. The molecule has 3 aromatic rings. The lowest BCUT2D eigenvalue weighted by Gasteiger charge is -2.05. The second-order valence-electron chi connectivity index (χ2n) is 4.72. The van der Waals surface area contributed by atoms with E-state index in [4.69, 9.17) is 4.74 Å². The van der Waals surface area contributed by atoms with E-state index in [-0.39, 0.29) is 5.78 Å². The summed E-state index contributed by atoms with van der Waals surface area (Å²) in [6.45, 7) is 0. The van der Waals surface area contributed by atoms with Crippen LogP contribution in [0.4, 0.5) is 0 Å². The number of carbonyl (C=O) groups excluding carboxylic acids is 1. The van der Waals surface area contributed by atoms with Crippen molar-refractivity contribution in [2.45, 2.75) is 6.42 Å². The van der Waals surface area contributed by atoms with E-state index in [1.165, 1.54) is 0 Å². The quantitative estimate of drug-likeness (QED) is 0.605. The first-order chi connectivity index (χ1) is 10.2. The molecule has 2 aromatic carbocycles. The second kappa shape index (κ2) is 6.00. The molecule has 0 N–H and O–H groups in total. The van der Waals surface area contributed by atoms with E-state index < -0.39 is 0 Å². The maximum absolute atomic E-state index is 12.4. The third-order valence-corrected chi connectivity index (χ3v) is 5.06. The van der Waals surface area contributed by atoms with Crippen molar-refractivity contribution < 1.29 is 9.53 Å². The minimum absolute atomic E-state index is 0.147. The molecule has 2 nitrogen and oxygen atoms in total. The summed E-state index contributed by atoms with van der Waals surface area (Å²) in [5.41, 5.74) is 0.977. The Morgan fingerprint density at radius 3 is 2.71 bits per heavy atom. The maximum Gasteiger partial charge on any atom is 0.177 e. The van der Waals surface area contributed by atoms with Crippen molar-refractivity contribution in [3.8, 4) is 5.75 Å². The molecule has 0 amide bonds. The number of fused-ring (bicyclic) bond motifs is 1. The normalized spacial score (nSPS) is 10.8. The van der Waals surface area contributed by atoms with E-state index in [9.17, 15) is 4.79 Å². The van der Waals surface area contributed by atoms with Gasteiger partial charge in [-0.3, -0.25) is 4.79 Å². The van der Waals surface area contributed by atoms with Crippen molar-refractivity contribution >= 4 is 43.1 Å². The van der Waals surface area contributed by atoms with Crippen LogP contribution in [0.3, 0.4) is 0 Å². The highest BCUT2D eigenvalue weighted by atomic mass is 79.9. The first kappa shape index (κ1) is 14.3. The Kier molecular flexibility index (Phi) is 4.08. The number of ketones is 1. The van der Waals surface area contributed by atoms with E-state index in [0.29, 0.717) is 6.42 Å². The van der Waals surface area contributed by atoms with Crippen LogP contribution in [-0.2, 0) is 6.42 Å². The smallest absolute Gasteiger partial charge is 0.177 e. The maximum atomic E-state index is 12.4. The summed E-state index contributed by atoms with van der Waals surface area (Å²) in [6.07, 6.45) is 0.398. The van der Waals surface area contributed by atoms with Gasteiger partial charge in [-0.25, -0.2) is 0 Å². The molecule has 0 saturated carbocycles. The lowest BCUT2D eigenvalue weighted by Crippen LogP contribution is -2.01. The molecule has 0 unspecified atom stereocenters. The molecule has 0 aliphatic rings. The molecule has 0 radical (unpaired) electrons. The zero-order chi connectivity index (χ0) is 14.8. The topological polar surface area (TPSA) is 26.3 Å². The molecule has 21 heavy (non-hydrogen) atoms. The highest BCUT2D eigenvalue weighted by Gasteiger charge is 2.12. The molecule has 0 fully saturated rings. The molecule has 0 spiro atoms. The van der Waals surface area contributed by atoms with Crippen LogP contribution in [0.25, 0.3) is 10.1 Å². The van der Waals surface area contributed by atoms with Crippen LogP contribution in [0.5, 0.6) is 5.75 Å². The van der Waals surface area contributed by atoms with Gasteiger partial charge in [0.1, 0.15) is 5.75 Å². The number of hydrogen-bond acceptors (Lipinski definition) is 3. The third kappa shape index (κ3) is 3.01. The van der Waals surface area contributed by atoms with E-state index in [1.807, 2.05) is 48.5 Å². The Hall–Kier alpha value is -1.65. The number of rotatable bonds is 4. The fourth-order valence-corrected chi connectivity index (χ4v) is 3.80. The molecule has 0 aliphatic carbocycles. The zero-order valence-corrected chi connectivity index (χ0v) is 13.8. The van der Waals surface area contributed by atoms with Crippen molar-refractivity contribution in [1.29, 1.82) is 0 Å². The van der Waals surface area contributed by atoms with Crippen molar-refractivity contribution in [3.63, 3.8) is 0 Å². The average molecular weight is 361 g/mol. The van der Waals surface area contributed by atoms with Crippen molar-refractivity contribution in [3.05, 3.63) is 63.4 Å². The van der Waals surface area contributed by atoms with Crippen LogP contribution >= 0.6 is 27.3 Å². The van der Waals surface area contributed by atoms with E-state index in [0.717, 1.165) is 30.7 Å². The van der Waals surface area contributed by atoms with Crippen LogP contribution < -0.4 is 4.74 Å². The average Bonchev–Trinajstić information content (AvgIpc) is 2.91. The Balaban J connectivity index is 1.84. The van der Waals surface area contributed by atoms with Gasteiger partial charge < -0.3 is 4.74 Å². The summed E-state index contributed by atoms with van der Waals surface area (Å²) in [5, 5.41) is 1.13. The van der Waals surface area contributed by atoms with Gasteiger partial charge in [-0.2, -0.15) is 0 Å². The fourth-order valence-electron chi connectivity index (χ4n) is 2.21. The molecular formula is C17H13BrO2S. The van der Waals surface area contributed by atoms with E-state index >= 15 is 0 Å². The molecule has 3 rings (SSSR count). The molecule has 1 aromatic heterocycles. The van der Waals surface area contributed by atoms with Crippen LogP contribution in [0.15, 0.2) is 53.0 Å². The predicted molar refractivity (Wildman–Crippen MR) is 90.6 cm³/mol. The number of ether oxygens (including phenoxy) is 1. The third-order valence-electron chi connectivity index (χ3n) is 3.28. The number of benzene rings is 2. The Labute approximate surface area is 135 Å². The van der Waals surface area contributed by atoms with Gasteiger partial charge in [0.05, 0.1) is 16.5 Å².